The molecule has 6 heteroatoms. The molecule has 0 bridgehead atoms. The lowest BCUT2D eigenvalue weighted by Gasteiger charge is -2.21. The van der Waals surface area contributed by atoms with Gasteiger partial charge < -0.3 is 20.3 Å². The second-order valence-corrected chi connectivity index (χ2v) is 6.94. The fourth-order valence-electron chi connectivity index (χ4n) is 3.23. The lowest BCUT2D eigenvalue weighted by Crippen LogP contribution is -2.32. The molecule has 142 valence electrons. The van der Waals surface area contributed by atoms with Crippen LogP contribution in [0, 0.1) is 0 Å². The van der Waals surface area contributed by atoms with E-state index in [1.165, 1.54) is 0 Å². The number of nitrogens with zero attached hydrogens (tertiary/aromatic N) is 1. The van der Waals surface area contributed by atoms with Gasteiger partial charge in [0.15, 0.2) is 5.11 Å². The first-order valence-electron chi connectivity index (χ1n) is 9.22. The lowest BCUT2D eigenvalue weighted by atomic mass is 10.0. The third-order valence-corrected chi connectivity index (χ3v) is 4.96. The maximum absolute atomic E-state index is 11.8. The van der Waals surface area contributed by atoms with Crippen molar-refractivity contribution in [2.45, 2.75) is 32.2 Å². The Bertz CT molecular complexity index is 790. The number of ether oxygens (including phenoxy) is 1. The summed E-state index contributed by atoms with van der Waals surface area (Å²) in [7, 11) is 1.66. The van der Waals surface area contributed by atoms with Gasteiger partial charge in [0.1, 0.15) is 5.75 Å². The van der Waals surface area contributed by atoms with Gasteiger partial charge in [0.05, 0.1) is 13.2 Å². The Balaban J connectivity index is 1.59. The smallest absolute Gasteiger partial charge is 0.227 e. The number of carbonyl (C=O) groups is 1. The Morgan fingerprint density at radius 1 is 1.19 bits per heavy atom. The molecule has 2 aromatic rings. The van der Waals surface area contributed by atoms with Crippen molar-refractivity contribution >= 4 is 34.6 Å². The van der Waals surface area contributed by atoms with Crippen LogP contribution >= 0.6 is 12.2 Å². The van der Waals surface area contributed by atoms with E-state index in [2.05, 4.69) is 17.6 Å². The van der Waals surface area contributed by atoms with Gasteiger partial charge in [-0.25, -0.2) is 0 Å². The average Bonchev–Trinajstić information content (AvgIpc) is 3.13. The molecule has 2 aromatic carbocycles. The van der Waals surface area contributed by atoms with Gasteiger partial charge in [-0.2, -0.15) is 0 Å². The van der Waals surface area contributed by atoms with Crippen molar-refractivity contribution in [2.24, 2.45) is 0 Å². The summed E-state index contributed by atoms with van der Waals surface area (Å²) >= 11 is 5.47. The van der Waals surface area contributed by atoms with Gasteiger partial charge in [-0.15, -0.1) is 0 Å². The molecule has 1 fully saturated rings. The predicted molar refractivity (Wildman–Crippen MR) is 113 cm³/mol. The summed E-state index contributed by atoms with van der Waals surface area (Å²) in [5.41, 5.74) is 2.99. The molecule has 1 aliphatic rings. The molecule has 0 radical (unpaired) electrons. The number of anilines is 2. The number of nitrogens with one attached hydrogen (secondary N) is 2. The van der Waals surface area contributed by atoms with Crippen LogP contribution in [0.3, 0.4) is 0 Å². The molecule has 1 aliphatic heterocycles. The third kappa shape index (κ3) is 4.77. The second kappa shape index (κ2) is 8.86. The maximum Gasteiger partial charge on any atom is 0.227 e. The van der Waals surface area contributed by atoms with E-state index in [0.717, 1.165) is 42.1 Å². The molecule has 0 spiro atoms. The van der Waals surface area contributed by atoms with Crippen LogP contribution in [0.5, 0.6) is 5.75 Å². The predicted octanol–water partition coefficient (Wildman–Crippen LogP) is 4.26. The van der Waals surface area contributed by atoms with Crippen molar-refractivity contribution in [3.8, 4) is 5.75 Å². The first-order chi connectivity index (χ1) is 13.1. The van der Waals surface area contributed by atoms with Gasteiger partial charge in [-0.3, -0.25) is 4.79 Å². The first kappa shape index (κ1) is 19.2. The largest absolute Gasteiger partial charge is 0.497 e. The molecule has 1 heterocycles. The second-order valence-electron chi connectivity index (χ2n) is 6.53. The molecule has 0 aliphatic carbocycles. The molecule has 5 nitrogen and oxygen atoms in total. The summed E-state index contributed by atoms with van der Waals surface area (Å²) in [6.07, 6.45) is 2.47. The van der Waals surface area contributed by atoms with E-state index in [-0.39, 0.29) is 11.9 Å². The Kier molecular flexibility index (Phi) is 6.29. The summed E-state index contributed by atoms with van der Waals surface area (Å²) in [5, 5.41) is 7.15. The van der Waals surface area contributed by atoms with Crippen LogP contribution < -0.4 is 20.3 Å². The van der Waals surface area contributed by atoms with Crippen molar-refractivity contribution in [3.63, 3.8) is 0 Å². The standard InChI is InChI=1S/C21H25N3O2S/c1-3-19(15-6-12-18(26-2)13-7-15)23-21(27)22-16-8-10-17(11-9-16)24-14-4-5-20(24)25/h6-13,19H,3-5,14H2,1-2H3,(H2,22,23,27)/t19-/m1/s1. The quantitative estimate of drug-likeness (QED) is 0.730. The molecule has 0 aromatic heterocycles. The molecule has 1 amide bonds. The Morgan fingerprint density at radius 3 is 2.44 bits per heavy atom. The number of carbonyl (C=O) groups excluding carboxylic acids is 1. The van der Waals surface area contributed by atoms with Crippen molar-refractivity contribution in [1.82, 2.24) is 5.32 Å². The van der Waals surface area contributed by atoms with Gasteiger partial charge in [0.25, 0.3) is 0 Å². The van der Waals surface area contributed by atoms with E-state index in [9.17, 15) is 4.79 Å². The van der Waals surface area contributed by atoms with Crippen LogP contribution in [0.4, 0.5) is 11.4 Å². The molecule has 1 atom stereocenters. The first-order valence-corrected chi connectivity index (χ1v) is 9.63. The van der Waals surface area contributed by atoms with Gasteiger partial charge in [-0.05, 0) is 67.0 Å². The minimum atomic E-state index is 0.123. The van der Waals surface area contributed by atoms with Crippen molar-refractivity contribution in [1.29, 1.82) is 0 Å². The number of hydrogen-bond acceptors (Lipinski definition) is 3. The molecular weight excluding hydrogens is 358 g/mol. The monoisotopic (exact) mass is 383 g/mol. The Morgan fingerprint density at radius 2 is 1.89 bits per heavy atom. The fourth-order valence-corrected chi connectivity index (χ4v) is 3.49. The molecule has 2 N–H and O–H groups in total. The van der Waals surface area contributed by atoms with E-state index in [4.69, 9.17) is 17.0 Å². The highest BCUT2D eigenvalue weighted by Gasteiger charge is 2.21. The molecule has 1 saturated heterocycles. The van der Waals surface area contributed by atoms with E-state index < -0.39 is 0 Å². The molecule has 0 saturated carbocycles. The topological polar surface area (TPSA) is 53.6 Å². The zero-order valence-electron chi connectivity index (χ0n) is 15.7. The number of rotatable bonds is 6. The van der Waals surface area contributed by atoms with Crippen LogP contribution in [0.25, 0.3) is 0 Å². The van der Waals surface area contributed by atoms with E-state index in [1.54, 1.807) is 7.11 Å². The average molecular weight is 384 g/mol. The fraction of sp³-hybridized carbons (Fsp3) is 0.333. The number of methoxy groups -OCH3 is 1. The molecule has 0 unspecified atom stereocenters. The Labute approximate surface area is 165 Å². The van der Waals surface area contributed by atoms with Gasteiger partial charge in [0.2, 0.25) is 5.91 Å². The summed E-state index contributed by atoms with van der Waals surface area (Å²) in [4.78, 5) is 13.7. The van der Waals surface area contributed by atoms with Crippen molar-refractivity contribution in [3.05, 3.63) is 54.1 Å². The normalized spacial score (nSPS) is 14.7. The highest BCUT2D eigenvalue weighted by atomic mass is 32.1. The van der Waals surface area contributed by atoms with E-state index in [1.807, 2.05) is 53.4 Å². The number of thiocarbonyl (C=S) groups is 1. The van der Waals surface area contributed by atoms with Crippen molar-refractivity contribution < 1.29 is 9.53 Å². The zero-order chi connectivity index (χ0) is 19.2. The van der Waals surface area contributed by atoms with Crippen LogP contribution in [0.1, 0.15) is 37.8 Å². The Hall–Kier alpha value is -2.60. The summed E-state index contributed by atoms with van der Waals surface area (Å²) in [5.74, 6) is 1.03. The summed E-state index contributed by atoms with van der Waals surface area (Å²) in [6.45, 7) is 2.91. The lowest BCUT2D eigenvalue weighted by molar-refractivity contribution is -0.117. The van der Waals surface area contributed by atoms with Gasteiger partial charge >= 0.3 is 0 Å². The molecular formula is C21H25N3O2S. The van der Waals surface area contributed by atoms with Crippen LogP contribution in [0.15, 0.2) is 48.5 Å². The van der Waals surface area contributed by atoms with Crippen molar-refractivity contribution in [2.75, 3.05) is 23.9 Å². The minimum Gasteiger partial charge on any atom is -0.497 e. The number of benzene rings is 2. The van der Waals surface area contributed by atoms with Gasteiger partial charge in [0, 0.05) is 24.3 Å². The highest BCUT2D eigenvalue weighted by molar-refractivity contribution is 7.80. The number of amides is 1. The molecule has 27 heavy (non-hydrogen) atoms. The summed E-state index contributed by atoms with van der Waals surface area (Å²) in [6, 6.07) is 15.9. The summed E-state index contributed by atoms with van der Waals surface area (Å²) < 4.78 is 5.21. The van der Waals surface area contributed by atoms with E-state index >= 15 is 0 Å². The van der Waals surface area contributed by atoms with Gasteiger partial charge in [-0.1, -0.05) is 19.1 Å². The highest BCUT2D eigenvalue weighted by Crippen LogP contribution is 2.24. The number of hydrogen-bond donors (Lipinski definition) is 2. The third-order valence-electron chi connectivity index (χ3n) is 4.74. The van der Waals surface area contributed by atoms with Crippen LogP contribution in [-0.4, -0.2) is 24.7 Å². The maximum atomic E-state index is 11.8. The van der Waals surface area contributed by atoms with Crippen LogP contribution in [0.2, 0.25) is 0 Å². The minimum absolute atomic E-state index is 0.123. The molecule has 3 rings (SSSR count). The SMILES string of the molecule is CC[C@@H](NC(=S)Nc1ccc(N2CCCC2=O)cc1)c1ccc(OC)cc1. The van der Waals surface area contributed by atoms with E-state index in [0.29, 0.717) is 11.5 Å². The zero-order valence-corrected chi connectivity index (χ0v) is 16.5. The van der Waals surface area contributed by atoms with Crippen LogP contribution in [-0.2, 0) is 4.79 Å².